The molecule has 1 atom stereocenters. The van der Waals surface area contributed by atoms with E-state index in [0.717, 1.165) is 30.4 Å². The van der Waals surface area contributed by atoms with Crippen molar-refractivity contribution >= 4 is 16.5 Å². The van der Waals surface area contributed by atoms with Gasteiger partial charge in [0.25, 0.3) is 0 Å². The van der Waals surface area contributed by atoms with Gasteiger partial charge < -0.3 is 15.4 Å². The minimum Gasteiger partial charge on any atom is -0.383 e. The molecule has 0 saturated heterocycles. The highest BCUT2D eigenvalue weighted by molar-refractivity contribution is 7.15. The standard InChI is InChI=1S/C14H27N3OS/c1-6-11(4)17(7-8-18-5)14-16-13(10(2)3)12(9-15)19-14/h10-11H,6-9,15H2,1-5H3. The number of rotatable bonds is 8. The summed E-state index contributed by atoms with van der Waals surface area (Å²) in [6.45, 7) is 10.9. The number of thiazole rings is 1. The summed E-state index contributed by atoms with van der Waals surface area (Å²) in [5.41, 5.74) is 6.98. The first-order chi connectivity index (χ1) is 9.04. The van der Waals surface area contributed by atoms with Gasteiger partial charge >= 0.3 is 0 Å². The van der Waals surface area contributed by atoms with Crippen molar-refractivity contribution in [2.45, 2.75) is 52.6 Å². The predicted molar refractivity (Wildman–Crippen MR) is 83.1 cm³/mol. The van der Waals surface area contributed by atoms with Gasteiger partial charge in [-0.25, -0.2) is 4.98 Å². The van der Waals surface area contributed by atoms with Crippen LogP contribution in [0.2, 0.25) is 0 Å². The topological polar surface area (TPSA) is 51.4 Å². The highest BCUT2D eigenvalue weighted by Crippen LogP contribution is 2.31. The Hall–Kier alpha value is -0.650. The van der Waals surface area contributed by atoms with Crippen LogP contribution in [0.3, 0.4) is 0 Å². The van der Waals surface area contributed by atoms with E-state index in [2.05, 4.69) is 32.6 Å². The first-order valence-electron chi connectivity index (χ1n) is 7.00. The van der Waals surface area contributed by atoms with E-state index in [1.807, 2.05) is 0 Å². The SMILES string of the molecule is CCC(C)N(CCOC)c1nc(C(C)C)c(CN)s1. The second-order valence-corrected chi connectivity index (χ2v) is 6.17. The van der Waals surface area contributed by atoms with Crippen molar-refractivity contribution < 1.29 is 4.74 Å². The van der Waals surface area contributed by atoms with Gasteiger partial charge in [-0.15, -0.1) is 11.3 Å². The summed E-state index contributed by atoms with van der Waals surface area (Å²) in [7, 11) is 1.74. The lowest BCUT2D eigenvalue weighted by atomic mass is 10.1. The van der Waals surface area contributed by atoms with Crippen molar-refractivity contribution in [3.05, 3.63) is 10.6 Å². The molecule has 0 aliphatic heterocycles. The van der Waals surface area contributed by atoms with Crippen molar-refractivity contribution in [3.63, 3.8) is 0 Å². The predicted octanol–water partition coefficient (Wildman–Crippen LogP) is 2.98. The van der Waals surface area contributed by atoms with Gasteiger partial charge in [-0.2, -0.15) is 0 Å². The summed E-state index contributed by atoms with van der Waals surface area (Å²) in [4.78, 5) is 8.35. The molecule has 0 aliphatic rings. The van der Waals surface area contributed by atoms with Gasteiger partial charge in [0.05, 0.1) is 12.3 Å². The van der Waals surface area contributed by atoms with Crippen molar-refractivity contribution in [3.8, 4) is 0 Å². The van der Waals surface area contributed by atoms with Crippen LogP contribution in [0.25, 0.3) is 0 Å². The summed E-state index contributed by atoms with van der Waals surface area (Å²) in [6, 6.07) is 0.465. The third-order valence-electron chi connectivity index (χ3n) is 3.35. The Morgan fingerprint density at radius 3 is 2.47 bits per heavy atom. The molecule has 1 rings (SSSR count). The van der Waals surface area contributed by atoms with Gasteiger partial charge in [-0.3, -0.25) is 0 Å². The molecule has 1 aromatic heterocycles. The van der Waals surface area contributed by atoms with E-state index in [4.69, 9.17) is 15.5 Å². The van der Waals surface area contributed by atoms with Crippen LogP contribution in [0, 0.1) is 0 Å². The molecule has 0 aliphatic carbocycles. The highest BCUT2D eigenvalue weighted by Gasteiger charge is 2.20. The van der Waals surface area contributed by atoms with E-state index in [-0.39, 0.29) is 0 Å². The van der Waals surface area contributed by atoms with Crippen LogP contribution in [-0.2, 0) is 11.3 Å². The molecule has 0 aromatic carbocycles. The van der Waals surface area contributed by atoms with E-state index < -0.39 is 0 Å². The summed E-state index contributed by atoms with van der Waals surface area (Å²) in [5.74, 6) is 0.421. The molecular formula is C14H27N3OS. The van der Waals surface area contributed by atoms with Crippen LogP contribution >= 0.6 is 11.3 Å². The molecule has 2 N–H and O–H groups in total. The maximum Gasteiger partial charge on any atom is 0.186 e. The lowest BCUT2D eigenvalue weighted by Gasteiger charge is -2.27. The molecule has 0 spiro atoms. The number of hydrogen-bond acceptors (Lipinski definition) is 5. The average Bonchev–Trinajstić information content (AvgIpc) is 2.83. The monoisotopic (exact) mass is 285 g/mol. The molecule has 1 aromatic rings. The second-order valence-electron chi connectivity index (χ2n) is 5.11. The number of hydrogen-bond donors (Lipinski definition) is 1. The lowest BCUT2D eigenvalue weighted by Crippen LogP contribution is -2.35. The van der Waals surface area contributed by atoms with Gasteiger partial charge in [0.2, 0.25) is 0 Å². The molecule has 4 nitrogen and oxygen atoms in total. The highest BCUT2D eigenvalue weighted by atomic mass is 32.1. The van der Waals surface area contributed by atoms with E-state index in [0.29, 0.717) is 18.5 Å². The van der Waals surface area contributed by atoms with Crippen molar-refractivity contribution in [1.82, 2.24) is 4.98 Å². The molecular weight excluding hydrogens is 258 g/mol. The Morgan fingerprint density at radius 2 is 2.05 bits per heavy atom. The number of ether oxygens (including phenoxy) is 1. The van der Waals surface area contributed by atoms with Gasteiger partial charge in [0.1, 0.15) is 0 Å². The van der Waals surface area contributed by atoms with Crippen LogP contribution in [0.5, 0.6) is 0 Å². The zero-order valence-electron chi connectivity index (χ0n) is 12.8. The lowest BCUT2D eigenvalue weighted by molar-refractivity contribution is 0.203. The smallest absolute Gasteiger partial charge is 0.186 e. The number of aromatic nitrogens is 1. The van der Waals surface area contributed by atoms with Crippen LogP contribution in [0.1, 0.15) is 50.6 Å². The second kappa shape index (κ2) is 7.82. The number of anilines is 1. The van der Waals surface area contributed by atoms with Crippen LogP contribution < -0.4 is 10.6 Å². The number of nitrogens with two attached hydrogens (primary N) is 1. The summed E-state index contributed by atoms with van der Waals surface area (Å²) >= 11 is 1.72. The molecule has 110 valence electrons. The molecule has 19 heavy (non-hydrogen) atoms. The van der Waals surface area contributed by atoms with Gasteiger partial charge in [-0.05, 0) is 19.3 Å². The molecule has 0 saturated carbocycles. The zero-order valence-corrected chi connectivity index (χ0v) is 13.6. The molecule has 0 radical (unpaired) electrons. The Kier molecular flexibility index (Phi) is 6.75. The van der Waals surface area contributed by atoms with Crippen LogP contribution in [0.4, 0.5) is 5.13 Å². The van der Waals surface area contributed by atoms with E-state index in [1.165, 1.54) is 4.88 Å². The zero-order chi connectivity index (χ0) is 14.4. The molecule has 0 fully saturated rings. The first kappa shape index (κ1) is 16.4. The van der Waals surface area contributed by atoms with Gasteiger partial charge in [0, 0.05) is 31.1 Å². The minimum atomic E-state index is 0.421. The maximum atomic E-state index is 5.84. The molecule has 5 heteroatoms. The molecule has 1 unspecified atom stereocenters. The quantitative estimate of drug-likeness (QED) is 0.798. The van der Waals surface area contributed by atoms with E-state index in [9.17, 15) is 0 Å². The van der Waals surface area contributed by atoms with E-state index >= 15 is 0 Å². The van der Waals surface area contributed by atoms with E-state index in [1.54, 1.807) is 18.4 Å². The Morgan fingerprint density at radius 1 is 1.37 bits per heavy atom. The summed E-state index contributed by atoms with van der Waals surface area (Å²) in [5, 5.41) is 1.08. The Bertz CT molecular complexity index is 379. The molecule has 0 bridgehead atoms. The van der Waals surface area contributed by atoms with Crippen molar-refractivity contribution in [1.29, 1.82) is 0 Å². The van der Waals surface area contributed by atoms with Crippen LogP contribution in [0.15, 0.2) is 0 Å². The average molecular weight is 285 g/mol. The van der Waals surface area contributed by atoms with Crippen molar-refractivity contribution in [2.75, 3.05) is 25.2 Å². The number of nitrogens with zero attached hydrogens (tertiary/aromatic N) is 2. The fraction of sp³-hybridized carbons (Fsp3) is 0.786. The third-order valence-corrected chi connectivity index (χ3v) is 4.48. The van der Waals surface area contributed by atoms with Gasteiger partial charge in [0.15, 0.2) is 5.13 Å². The maximum absolute atomic E-state index is 5.84. The molecule has 0 amide bonds. The Labute approximate surface area is 121 Å². The summed E-state index contributed by atoms with van der Waals surface area (Å²) < 4.78 is 5.21. The Balaban J connectivity index is 3.01. The van der Waals surface area contributed by atoms with Crippen molar-refractivity contribution in [2.24, 2.45) is 5.73 Å². The van der Waals surface area contributed by atoms with Gasteiger partial charge in [-0.1, -0.05) is 20.8 Å². The van der Waals surface area contributed by atoms with Crippen LogP contribution in [-0.4, -0.2) is 31.3 Å². The fourth-order valence-electron chi connectivity index (χ4n) is 1.99. The third kappa shape index (κ3) is 4.16. The number of methoxy groups -OCH3 is 1. The summed E-state index contributed by atoms with van der Waals surface area (Å²) in [6.07, 6.45) is 1.10. The fourth-order valence-corrected chi connectivity index (χ4v) is 3.21. The first-order valence-corrected chi connectivity index (χ1v) is 7.81. The minimum absolute atomic E-state index is 0.421. The largest absolute Gasteiger partial charge is 0.383 e. The normalized spacial score (nSPS) is 13.0. The molecule has 1 heterocycles.